The Morgan fingerprint density at radius 3 is 2.57 bits per heavy atom. The van der Waals surface area contributed by atoms with Gasteiger partial charge in [0.15, 0.2) is 17.5 Å². The second kappa shape index (κ2) is 6.19. The van der Waals surface area contributed by atoms with E-state index in [-0.39, 0.29) is 12.1 Å². The number of aromatic nitrogens is 1. The van der Waals surface area contributed by atoms with Crippen LogP contribution in [0.4, 0.5) is 0 Å². The van der Waals surface area contributed by atoms with Gasteiger partial charge >= 0.3 is 13.1 Å². The molecule has 5 N–H and O–H groups in total. The summed E-state index contributed by atoms with van der Waals surface area (Å²) in [6, 6.07) is 3.21. The van der Waals surface area contributed by atoms with Crippen LogP contribution in [0.15, 0.2) is 30.5 Å². The van der Waals surface area contributed by atoms with Crippen LogP contribution < -0.4 is 0 Å². The lowest BCUT2D eigenvalue weighted by Crippen LogP contribution is -2.78. The summed E-state index contributed by atoms with van der Waals surface area (Å²) in [5.74, 6) is -3.49. The third-order valence-electron chi connectivity index (χ3n) is 11.6. The lowest BCUT2D eigenvalue weighted by Gasteiger charge is -2.65. The number of carbonyl (C=O) groups is 1. The van der Waals surface area contributed by atoms with E-state index in [1.807, 2.05) is 6.92 Å². The van der Waals surface area contributed by atoms with Gasteiger partial charge in [-0.2, -0.15) is 0 Å². The van der Waals surface area contributed by atoms with Crippen molar-refractivity contribution in [1.29, 1.82) is 0 Å². The van der Waals surface area contributed by atoms with E-state index in [4.69, 9.17) is 18.8 Å². The van der Waals surface area contributed by atoms with Crippen molar-refractivity contribution in [3.63, 3.8) is 0 Å². The molecule has 1 aromatic heterocycles. The fourth-order valence-corrected chi connectivity index (χ4v) is 10.3. The van der Waals surface area contributed by atoms with Gasteiger partial charge in [-0.15, -0.1) is 0 Å². The van der Waals surface area contributed by atoms with Crippen LogP contribution in [-0.4, -0.2) is 84.5 Å². The number of hydrogen-bond donors (Lipinski definition) is 5. The fourth-order valence-electron chi connectivity index (χ4n) is 10.3. The summed E-state index contributed by atoms with van der Waals surface area (Å²) in [6.07, 6.45) is -0.639. The Kier molecular flexibility index (Phi) is 4.07. The van der Waals surface area contributed by atoms with E-state index in [2.05, 4.69) is 11.6 Å². The number of rotatable bonds is 3. The highest BCUT2D eigenvalue weighted by Gasteiger charge is 3.11. The number of aliphatic hydroxyl groups excluding tert-OH is 1. The minimum absolute atomic E-state index is 0.0714. The van der Waals surface area contributed by atoms with E-state index in [0.717, 1.165) is 0 Å². The van der Waals surface area contributed by atoms with Gasteiger partial charge in [0.25, 0.3) is 0 Å². The first-order chi connectivity index (χ1) is 17.1. The Balaban J connectivity index is 1.60. The Bertz CT molecular complexity index is 1260. The van der Waals surface area contributed by atoms with Crippen LogP contribution in [0.25, 0.3) is 0 Å². The molecule has 1 aromatic rings. The molecule has 4 heterocycles. The lowest BCUT2D eigenvalue weighted by molar-refractivity contribution is -0.387. The van der Waals surface area contributed by atoms with Gasteiger partial charge < -0.3 is 44.2 Å². The first-order valence-corrected chi connectivity index (χ1v) is 13.0. The molecule has 7 fully saturated rings. The minimum Gasteiger partial charge on any atom is -0.451 e. The number of carbonyl (C=O) groups excluding carboxylic acids is 1. The molecule has 3 aliphatic heterocycles. The standard InChI is InChI=1S/C26H34BNO9/c1-13(2)23(32)18(34-17(30)15-8-7-11-28-15)25-19(4)12-22(31)20(23,5)26(25,33)24(35-22)16(29)14(3)9-10-21(19,24)36-27(6)37-25/h7-8,11,13,16,18,28-29,31-33H,3,9-10,12H2,1-2,4-6H3/t16-,18-,19+,20-,21+,22-,23-,24-,25-,26+/m1/s1. The van der Waals surface area contributed by atoms with Crippen LogP contribution >= 0.6 is 0 Å². The Morgan fingerprint density at radius 2 is 1.95 bits per heavy atom. The zero-order valence-electron chi connectivity index (χ0n) is 21.7. The normalized spacial score (nSPS) is 56.8. The maximum atomic E-state index is 13.5. The first kappa shape index (κ1) is 24.3. The highest BCUT2D eigenvalue weighted by Crippen LogP contribution is 2.92. The summed E-state index contributed by atoms with van der Waals surface area (Å²) < 4.78 is 25.9. The smallest absolute Gasteiger partial charge is 0.451 e. The first-order valence-electron chi connectivity index (χ1n) is 13.0. The van der Waals surface area contributed by atoms with Gasteiger partial charge in [-0.1, -0.05) is 27.4 Å². The topological polar surface area (TPSA) is 151 Å². The molecule has 37 heavy (non-hydrogen) atoms. The number of aromatic amines is 1. The molecule has 3 saturated heterocycles. The van der Waals surface area contributed by atoms with E-state index in [1.165, 1.54) is 0 Å². The quantitative estimate of drug-likeness (QED) is 0.225. The molecule has 3 spiro atoms. The number of ether oxygens (including phenoxy) is 2. The molecular weight excluding hydrogens is 481 g/mol. The van der Waals surface area contributed by atoms with Crippen molar-refractivity contribution < 1.29 is 44.0 Å². The molecule has 4 saturated carbocycles. The van der Waals surface area contributed by atoms with Crippen LogP contribution in [0.1, 0.15) is 57.4 Å². The van der Waals surface area contributed by atoms with Crippen molar-refractivity contribution in [2.45, 2.75) is 99.8 Å². The molecule has 10 atom stereocenters. The van der Waals surface area contributed by atoms with Gasteiger partial charge in [-0.3, -0.25) is 0 Å². The summed E-state index contributed by atoms with van der Waals surface area (Å²) in [5.41, 5.74) is -11.9. The molecule has 7 bridgehead atoms. The van der Waals surface area contributed by atoms with Crippen LogP contribution in [0.5, 0.6) is 0 Å². The molecule has 200 valence electrons. The molecule has 8 rings (SSSR count). The van der Waals surface area contributed by atoms with E-state index in [0.29, 0.717) is 18.4 Å². The van der Waals surface area contributed by atoms with Crippen molar-refractivity contribution >= 4 is 13.1 Å². The zero-order valence-corrected chi connectivity index (χ0v) is 21.7. The molecule has 0 unspecified atom stereocenters. The summed E-state index contributed by atoms with van der Waals surface area (Å²) >= 11 is 0. The van der Waals surface area contributed by atoms with Crippen LogP contribution in [0.3, 0.4) is 0 Å². The van der Waals surface area contributed by atoms with Gasteiger partial charge in [0.05, 0.1) is 11.0 Å². The monoisotopic (exact) mass is 515 g/mol. The molecule has 7 aliphatic rings. The van der Waals surface area contributed by atoms with Gasteiger partial charge in [-0.25, -0.2) is 4.79 Å². The third kappa shape index (κ3) is 1.79. The lowest BCUT2D eigenvalue weighted by atomic mass is 9.51. The largest absolute Gasteiger partial charge is 0.454 e. The Labute approximate surface area is 215 Å². The third-order valence-corrected chi connectivity index (χ3v) is 11.6. The molecular formula is C26H34BNO9. The summed E-state index contributed by atoms with van der Waals surface area (Å²) in [5, 5.41) is 50.3. The van der Waals surface area contributed by atoms with E-state index >= 15 is 0 Å². The van der Waals surface area contributed by atoms with Crippen molar-refractivity contribution in [3.8, 4) is 0 Å². The second-order valence-electron chi connectivity index (χ2n) is 12.7. The summed E-state index contributed by atoms with van der Waals surface area (Å²) in [7, 11) is -0.904. The van der Waals surface area contributed by atoms with Gasteiger partial charge in [0.2, 0.25) is 0 Å². The predicted octanol–water partition coefficient (Wildman–Crippen LogP) is 0.913. The average molecular weight is 515 g/mol. The molecule has 4 aliphatic carbocycles. The van der Waals surface area contributed by atoms with Crippen LogP contribution in [0.2, 0.25) is 6.82 Å². The predicted molar refractivity (Wildman–Crippen MR) is 128 cm³/mol. The van der Waals surface area contributed by atoms with Crippen LogP contribution in [-0.2, 0) is 18.8 Å². The van der Waals surface area contributed by atoms with Crippen molar-refractivity contribution in [3.05, 3.63) is 36.2 Å². The summed E-state index contributed by atoms with van der Waals surface area (Å²) in [4.78, 5) is 16.3. The molecule has 11 heteroatoms. The highest BCUT2D eigenvalue weighted by molar-refractivity contribution is 6.43. The van der Waals surface area contributed by atoms with Crippen LogP contribution in [0, 0.1) is 16.7 Å². The van der Waals surface area contributed by atoms with E-state index < -0.39 is 75.8 Å². The number of H-pyrrole nitrogens is 1. The van der Waals surface area contributed by atoms with Gasteiger partial charge in [0, 0.05) is 18.0 Å². The zero-order chi connectivity index (χ0) is 26.8. The molecule has 10 nitrogen and oxygen atoms in total. The summed E-state index contributed by atoms with van der Waals surface area (Å²) in [6.45, 7) is 12.6. The average Bonchev–Trinajstić information content (AvgIpc) is 3.43. The molecule has 0 amide bonds. The van der Waals surface area contributed by atoms with Crippen molar-refractivity contribution in [1.82, 2.24) is 4.98 Å². The maximum absolute atomic E-state index is 13.5. The maximum Gasteiger partial charge on any atom is 0.454 e. The number of hydrogen-bond acceptors (Lipinski definition) is 9. The number of nitrogens with one attached hydrogen (secondary N) is 1. The van der Waals surface area contributed by atoms with Gasteiger partial charge in [-0.05, 0) is 50.2 Å². The Hall–Kier alpha value is -1.73. The van der Waals surface area contributed by atoms with E-state index in [9.17, 15) is 25.2 Å². The van der Waals surface area contributed by atoms with Crippen molar-refractivity contribution in [2.24, 2.45) is 16.7 Å². The van der Waals surface area contributed by atoms with E-state index in [1.54, 1.807) is 45.9 Å². The van der Waals surface area contributed by atoms with Crippen molar-refractivity contribution in [2.75, 3.05) is 0 Å². The van der Waals surface area contributed by atoms with Gasteiger partial charge in [0.1, 0.15) is 28.6 Å². The minimum atomic E-state index is -2.25. The SMILES string of the molecule is C=C1CC[C@@]23OB(C)O[C@@]45[C@H](OC(=O)c6ccc[nH]6)[C@](O)(C(C)C)[C@]6(C)[C@]4(O)[C@@]2(O[C@]6(O)C[C@@]35C)[C@@H]1O. The second-order valence-corrected chi connectivity index (χ2v) is 12.7. The molecule has 0 aromatic carbocycles. The fraction of sp³-hybridized carbons (Fsp3) is 0.731. The Morgan fingerprint density at radius 1 is 1.24 bits per heavy atom. The number of esters is 1. The highest BCUT2D eigenvalue weighted by atomic mass is 16.7. The number of aliphatic hydroxyl groups is 4. The molecule has 0 radical (unpaired) electrons.